The van der Waals surface area contributed by atoms with E-state index in [1.807, 2.05) is 0 Å². The fourth-order valence-corrected chi connectivity index (χ4v) is 1.61. The van der Waals surface area contributed by atoms with Gasteiger partial charge in [0.1, 0.15) is 0 Å². The van der Waals surface area contributed by atoms with Crippen LogP contribution < -0.4 is 11.1 Å². The SMILES string of the molecule is CCNC(=O)C(CN)Cc1cc(F)c(F)c(F)c1. The quantitative estimate of drug-likeness (QED) is 0.785. The van der Waals surface area contributed by atoms with Gasteiger partial charge in [0.15, 0.2) is 17.5 Å². The van der Waals surface area contributed by atoms with E-state index < -0.39 is 23.4 Å². The number of nitrogens with one attached hydrogen (secondary N) is 1. The zero-order valence-corrected chi connectivity index (χ0v) is 9.97. The van der Waals surface area contributed by atoms with Gasteiger partial charge in [-0.15, -0.1) is 0 Å². The molecule has 1 rings (SSSR count). The van der Waals surface area contributed by atoms with E-state index in [1.165, 1.54) is 0 Å². The van der Waals surface area contributed by atoms with E-state index in [-0.39, 0.29) is 24.4 Å². The van der Waals surface area contributed by atoms with Crippen LogP contribution in [-0.4, -0.2) is 19.0 Å². The van der Waals surface area contributed by atoms with Gasteiger partial charge >= 0.3 is 0 Å². The monoisotopic (exact) mass is 260 g/mol. The molecule has 1 amide bonds. The van der Waals surface area contributed by atoms with E-state index >= 15 is 0 Å². The molecule has 18 heavy (non-hydrogen) atoms. The lowest BCUT2D eigenvalue weighted by Gasteiger charge is -2.14. The molecule has 0 saturated heterocycles. The van der Waals surface area contributed by atoms with Crippen LogP contribution in [0.5, 0.6) is 0 Å². The van der Waals surface area contributed by atoms with Crippen LogP contribution in [0.25, 0.3) is 0 Å². The summed E-state index contributed by atoms with van der Waals surface area (Å²) < 4.78 is 38.7. The lowest BCUT2D eigenvalue weighted by Crippen LogP contribution is -2.36. The summed E-state index contributed by atoms with van der Waals surface area (Å²) >= 11 is 0. The molecule has 100 valence electrons. The van der Waals surface area contributed by atoms with E-state index in [1.54, 1.807) is 6.92 Å². The van der Waals surface area contributed by atoms with Gasteiger partial charge in [-0.05, 0) is 31.0 Å². The molecule has 0 aromatic heterocycles. The second-order valence-corrected chi connectivity index (χ2v) is 3.90. The number of hydrogen-bond acceptors (Lipinski definition) is 2. The Hall–Kier alpha value is -1.56. The molecule has 0 aliphatic heterocycles. The molecule has 3 N–H and O–H groups in total. The number of rotatable bonds is 5. The van der Waals surface area contributed by atoms with Gasteiger partial charge < -0.3 is 11.1 Å². The molecule has 0 saturated carbocycles. The first-order chi connectivity index (χ1) is 8.49. The molecule has 0 fully saturated rings. The summed E-state index contributed by atoms with van der Waals surface area (Å²) in [6, 6.07) is 1.75. The Balaban J connectivity index is 2.85. The fourth-order valence-electron chi connectivity index (χ4n) is 1.61. The van der Waals surface area contributed by atoms with Crippen molar-refractivity contribution >= 4 is 5.91 Å². The van der Waals surface area contributed by atoms with Gasteiger partial charge in [-0.3, -0.25) is 4.79 Å². The smallest absolute Gasteiger partial charge is 0.224 e. The molecular weight excluding hydrogens is 245 g/mol. The molecule has 0 heterocycles. The Kier molecular flexibility index (Phi) is 5.15. The molecule has 0 spiro atoms. The summed E-state index contributed by atoms with van der Waals surface area (Å²) in [5, 5.41) is 2.58. The summed E-state index contributed by atoms with van der Waals surface area (Å²) in [5.41, 5.74) is 5.64. The van der Waals surface area contributed by atoms with Crippen LogP contribution in [0.15, 0.2) is 12.1 Å². The van der Waals surface area contributed by atoms with Crippen molar-refractivity contribution in [3.05, 3.63) is 35.1 Å². The van der Waals surface area contributed by atoms with E-state index in [0.29, 0.717) is 6.54 Å². The number of carbonyl (C=O) groups excluding carboxylic acids is 1. The number of hydrogen-bond donors (Lipinski definition) is 2. The van der Waals surface area contributed by atoms with Gasteiger partial charge in [-0.2, -0.15) is 0 Å². The molecule has 0 aliphatic rings. The fraction of sp³-hybridized carbons (Fsp3) is 0.417. The van der Waals surface area contributed by atoms with Gasteiger partial charge in [-0.25, -0.2) is 13.2 Å². The average Bonchev–Trinajstić information content (AvgIpc) is 2.33. The van der Waals surface area contributed by atoms with Crippen LogP contribution in [0.3, 0.4) is 0 Å². The third-order valence-electron chi connectivity index (χ3n) is 2.53. The molecular formula is C12H15F3N2O. The second kappa shape index (κ2) is 6.39. The van der Waals surface area contributed by atoms with Crippen LogP contribution in [-0.2, 0) is 11.2 Å². The summed E-state index contributed by atoms with van der Waals surface area (Å²) in [4.78, 5) is 11.6. The largest absolute Gasteiger partial charge is 0.356 e. The molecule has 0 bridgehead atoms. The van der Waals surface area contributed by atoms with Crippen molar-refractivity contribution in [2.75, 3.05) is 13.1 Å². The number of amides is 1. The molecule has 3 nitrogen and oxygen atoms in total. The third-order valence-corrected chi connectivity index (χ3v) is 2.53. The van der Waals surface area contributed by atoms with E-state index in [4.69, 9.17) is 5.73 Å². The third kappa shape index (κ3) is 3.46. The van der Waals surface area contributed by atoms with Crippen LogP contribution in [0.1, 0.15) is 12.5 Å². The zero-order valence-electron chi connectivity index (χ0n) is 9.97. The molecule has 1 aromatic rings. The van der Waals surface area contributed by atoms with Gasteiger partial charge in [0.25, 0.3) is 0 Å². The standard InChI is InChI=1S/C12H15F3N2O/c1-2-17-12(18)8(6-16)3-7-4-9(13)11(15)10(14)5-7/h4-5,8H,2-3,6,16H2,1H3,(H,17,18). The van der Waals surface area contributed by atoms with E-state index in [0.717, 1.165) is 12.1 Å². The molecule has 0 radical (unpaired) electrons. The minimum atomic E-state index is -1.51. The second-order valence-electron chi connectivity index (χ2n) is 3.90. The number of nitrogens with two attached hydrogens (primary N) is 1. The Bertz CT molecular complexity index is 414. The van der Waals surface area contributed by atoms with Crippen molar-refractivity contribution in [3.63, 3.8) is 0 Å². The van der Waals surface area contributed by atoms with Crippen LogP contribution in [0, 0.1) is 23.4 Å². The highest BCUT2D eigenvalue weighted by Crippen LogP contribution is 2.16. The van der Waals surface area contributed by atoms with Gasteiger partial charge in [0, 0.05) is 13.1 Å². The van der Waals surface area contributed by atoms with E-state index in [2.05, 4.69) is 5.32 Å². The van der Waals surface area contributed by atoms with Crippen LogP contribution >= 0.6 is 0 Å². The highest BCUT2D eigenvalue weighted by atomic mass is 19.2. The number of carbonyl (C=O) groups is 1. The average molecular weight is 260 g/mol. The van der Waals surface area contributed by atoms with Gasteiger partial charge in [-0.1, -0.05) is 0 Å². The van der Waals surface area contributed by atoms with E-state index in [9.17, 15) is 18.0 Å². The lowest BCUT2D eigenvalue weighted by atomic mass is 9.98. The van der Waals surface area contributed by atoms with Gasteiger partial charge in [0.2, 0.25) is 5.91 Å². The van der Waals surface area contributed by atoms with Crippen molar-refractivity contribution in [1.82, 2.24) is 5.32 Å². The summed E-state index contributed by atoms with van der Waals surface area (Å²) in [5.74, 6) is -4.92. The van der Waals surface area contributed by atoms with Crippen molar-refractivity contribution in [3.8, 4) is 0 Å². The number of benzene rings is 1. The number of halogens is 3. The first-order valence-corrected chi connectivity index (χ1v) is 5.60. The molecule has 1 aromatic carbocycles. The maximum absolute atomic E-state index is 13.0. The van der Waals surface area contributed by atoms with Crippen molar-refractivity contribution in [2.45, 2.75) is 13.3 Å². The normalized spacial score (nSPS) is 12.3. The maximum Gasteiger partial charge on any atom is 0.224 e. The van der Waals surface area contributed by atoms with Crippen LogP contribution in [0.2, 0.25) is 0 Å². The molecule has 6 heteroatoms. The Morgan fingerprint density at radius 2 is 1.89 bits per heavy atom. The minimum Gasteiger partial charge on any atom is -0.356 e. The summed E-state index contributed by atoms with van der Waals surface area (Å²) in [7, 11) is 0. The summed E-state index contributed by atoms with van der Waals surface area (Å²) in [6.45, 7) is 2.25. The molecule has 1 unspecified atom stereocenters. The highest BCUT2D eigenvalue weighted by molar-refractivity contribution is 5.79. The van der Waals surface area contributed by atoms with Crippen molar-refractivity contribution in [2.24, 2.45) is 11.7 Å². The highest BCUT2D eigenvalue weighted by Gasteiger charge is 2.19. The van der Waals surface area contributed by atoms with Crippen molar-refractivity contribution < 1.29 is 18.0 Å². The maximum atomic E-state index is 13.0. The zero-order chi connectivity index (χ0) is 13.7. The topological polar surface area (TPSA) is 55.1 Å². The van der Waals surface area contributed by atoms with Crippen LogP contribution in [0.4, 0.5) is 13.2 Å². The van der Waals surface area contributed by atoms with Gasteiger partial charge in [0.05, 0.1) is 5.92 Å². The Morgan fingerprint density at radius 1 is 1.33 bits per heavy atom. The lowest BCUT2D eigenvalue weighted by molar-refractivity contribution is -0.124. The Morgan fingerprint density at radius 3 is 2.33 bits per heavy atom. The predicted molar refractivity (Wildman–Crippen MR) is 61.2 cm³/mol. The molecule has 0 aliphatic carbocycles. The predicted octanol–water partition coefficient (Wildman–Crippen LogP) is 1.36. The first kappa shape index (κ1) is 14.5. The van der Waals surface area contributed by atoms with Crippen molar-refractivity contribution in [1.29, 1.82) is 0 Å². The summed E-state index contributed by atoms with van der Waals surface area (Å²) in [6.07, 6.45) is 0.0659. The minimum absolute atomic E-state index is 0.0481. The molecule has 1 atom stereocenters. The first-order valence-electron chi connectivity index (χ1n) is 5.60. The Labute approximate surface area is 103 Å².